The monoisotopic (exact) mass is 411 g/mol. The summed E-state index contributed by atoms with van der Waals surface area (Å²) in [5.41, 5.74) is 9.85. The molecule has 1 N–H and O–H groups in total. The normalized spacial score (nSPS) is 11.2. The number of hydrazone groups is 1. The van der Waals surface area contributed by atoms with Crippen LogP contribution in [0.25, 0.3) is 11.4 Å². The molecule has 2 aromatic heterocycles. The zero-order valence-electron chi connectivity index (χ0n) is 18.1. The maximum atomic E-state index is 12.8. The molecule has 0 bridgehead atoms. The second-order valence-corrected chi connectivity index (χ2v) is 7.49. The Morgan fingerprint density at radius 3 is 2.16 bits per heavy atom. The van der Waals surface area contributed by atoms with Gasteiger partial charge in [-0.2, -0.15) is 10.2 Å². The highest BCUT2D eigenvalue weighted by Gasteiger charge is 2.16. The van der Waals surface area contributed by atoms with E-state index in [4.69, 9.17) is 0 Å². The highest BCUT2D eigenvalue weighted by Crippen LogP contribution is 2.21. The Morgan fingerprint density at radius 2 is 1.52 bits per heavy atom. The third-order valence-electron chi connectivity index (χ3n) is 5.40. The standard InChI is InChI=1S/C25H25N5O/c1-17-15-23(19(3)29(17)21-11-7-5-8-12-21)25(31)27-26-16-24-18(2)28-30(20(24)4)22-13-9-6-10-14-22/h5-16H,1-4H3,(H,27,31)/b26-16+. The van der Waals surface area contributed by atoms with Crippen LogP contribution in [0.4, 0.5) is 0 Å². The number of para-hydroxylation sites is 2. The number of aryl methyl sites for hydroxylation is 2. The summed E-state index contributed by atoms with van der Waals surface area (Å²) in [6.07, 6.45) is 1.66. The minimum atomic E-state index is -0.239. The lowest BCUT2D eigenvalue weighted by Crippen LogP contribution is -2.18. The third-order valence-corrected chi connectivity index (χ3v) is 5.40. The van der Waals surface area contributed by atoms with Crippen molar-refractivity contribution < 1.29 is 4.79 Å². The number of hydrogen-bond acceptors (Lipinski definition) is 3. The number of aromatic nitrogens is 3. The van der Waals surface area contributed by atoms with Gasteiger partial charge in [-0.1, -0.05) is 36.4 Å². The Morgan fingerprint density at radius 1 is 0.903 bits per heavy atom. The fourth-order valence-electron chi connectivity index (χ4n) is 3.84. The first-order chi connectivity index (χ1) is 15.0. The summed E-state index contributed by atoms with van der Waals surface area (Å²) in [6, 6.07) is 21.8. The lowest BCUT2D eigenvalue weighted by Gasteiger charge is -2.09. The van der Waals surface area contributed by atoms with Crippen LogP contribution in [0.1, 0.15) is 38.7 Å². The van der Waals surface area contributed by atoms with Gasteiger partial charge in [0, 0.05) is 22.6 Å². The van der Waals surface area contributed by atoms with E-state index in [-0.39, 0.29) is 5.91 Å². The molecule has 1 amide bonds. The van der Waals surface area contributed by atoms with Gasteiger partial charge in [0.1, 0.15) is 0 Å². The average Bonchev–Trinajstić information content (AvgIpc) is 3.24. The molecule has 0 atom stereocenters. The van der Waals surface area contributed by atoms with Crippen molar-refractivity contribution in [2.45, 2.75) is 27.7 Å². The predicted octanol–water partition coefficient (Wildman–Crippen LogP) is 4.66. The van der Waals surface area contributed by atoms with E-state index in [0.29, 0.717) is 5.56 Å². The molecule has 0 fully saturated rings. The van der Waals surface area contributed by atoms with Crippen LogP contribution < -0.4 is 5.43 Å². The van der Waals surface area contributed by atoms with Crippen LogP contribution >= 0.6 is 0 Å². The summed E-state index contributed by atoms with van der Waals surface area (Å²) in [7, 11) is 0. The summed E-state index contributed by atoms with van der Waals surface area (Å²) in [5.74, 6) is -0.239. The molecular weight excluding hydrogens is 386 g/mol. The molecule has 0 saturated carbocycles. The number of carbonyl (C=O) groups is 1. The predicted molar refractivity (Wildman–Crippen MR) is 123 cm³/mol. The molecule has 0 spiro atoms. The van der Waals surface area contributed by atoms with Crippen molar-refractivity contribution in [1.29, 1.82) is 0 Å². The molecule has 0 unspecified atom stereocenters. The van der Waals surface area contributed by atoms with E-state index in [1.54, 1.807) is 6.21 Å². The minimum Gasteiger partial charge on any atom is -0.318 e. The Balaban J connectivity index is 1.55. The summed E-state index contributed by atoms with van der Waals surface area (Å²) >= 11 is 0. The number of nitrogens with zero attached hydrogens (tertiary/aromatic N) is 4. The van der Waals surface area contributed by atoms with Crippen LogP contribution in [0.2, 0.25) is 0 Å². The summed E-state index contributed by atoms with van der Waals surface area (Å²) in [6.45, 7) is 7.86. The van der Waals surface area contributed by atoms with Gasteiger partial charge in [0.05, 0.1) is 28.9 Å². The highest BCUT2D eigenvalue weighted by molar-refractivity contribution is 5.96. The minimum absolute atomic E-state index is 0.239. The molecule has 6 heteroatoms. The van der Waals surface area contributed by atoms with Crippen LogP contribution in [-0.2, 0) is 0 Å². The van der Waals surface area contributed by atoms with Gasteiger partial charge in [0.15, 0.2) is 0 Å². The van der Waals surface area contributed by atoms with Gasteiger partial charge >= 0.3 is 0 Å². The first-order valence-electron chi connectivity index (χ1n) is 10.2. The van der Waals surface area contributed by atoms with E-state index in [1.165, 1.54) is 0 Å². The zero-order valence-corrected chi connectivity index (χ0v) is 18.1. The molecule has 0 aliphatic heterocycles. The maximum absolute atomic E-state index is 12.8. The van der Waals surface area contributed by atoms with Crippen LogP contribution in [0.3, 0.4) is 0 Å². The summed E-state index contributed by atoms with van der Waals surface area (Å²) in [5, 5.41) is 8.82. The van der Waals surface area contributed by atoms with Crippen LogP contribution in [-0.4, -0.2) is 26.5 Å². The molecule has 156 valence electrons. The molecule has 0 saturated heterocycles. The Labute approximate surface area is 181 Å². The van der Waals surface area contributed by atoms with Crippen molar-refractivity contribution in [2.24, 2.45) is 5.10 Å². The fraction of sp³-hybridized carbons (Fsp3) is 0.160. The van der Waals surface area contributed by atoms with Crippen LogP contribution in [0.15, 0.2) is 71.8 Å². The topological polar surface area (TPSA) is 64.2 Å². The molecular formula is C25H25N5O. The Hall–Kier alpha value is -3.93. The van der Waals surface area contributed by atoms with Crippen molar-refractivity contribution in [2.75, 3.05) is 0 Å². The smallest absolute Gasteiger partial charge is 0.273 e. The lowest BCUT2D eigenvalue weighted by atomic mass is 10.2. The summed E-state index contributed by atoms with van der Waals surface area (Å²) < 4.78 is 3.95. The van der Waals surface area contributed by atoms with Crippen molar-refractivity contribution in [1.82, 2.24) is 19.8 Å². The van der Waals surface area contributed by atoms with Gasteiger partial charge in [-0.25, -0.2) is 10.1 Å². The second kappa shape index (κ2) is 8.44. The molecule has 4 aromatic rings. The number of benzene rings is 2. The highest BCUT2D eigenvalue weighted by atomic mass is 16.2. The Kier molecular flexibility index (Phi) is 5.54. The Bertz CT molecular complexity index is 1250. The number of amides is 1. The van der Waals surface area contributed by atoms with Crippen molar-refractivity contribution >= 4 is 12.1 Å². The molecule has 4 rings (SSSR count). The molecule has 2 heterocycles. The SMILES string of the molecule is Cc1nn(-c2ccccc2)c(C)c1/C=N/NC(=O)c1cc(C)n(-c2ccccc2)c1C. The van der Waals surface area contributed by atoms with Crippen LogP contribution in [0.5, 0.6) is 0 Å². The maximum Gasteiger partial charge on any atom is 0.273 e. The molecule has 31 heavy (non-hydrogen) atoms. The first-order valence-corrected chi connectivity index (χ1v) is 10.2. The van der Waals surface area contributed by atoms with Crippen molar-refractivity contribution in [3.05, 3.63) is 101 Å². The second-order valence-electron chi connectivity index (χ2n) is 7.49. The van der Waals surface area contributed by atoms with E-state index in [9.17, 15) is 4.79 Å². The number of rotatable bonds is 5. The van der Waals surface area contributed by atoms with Crippen LogP contribution in [0, 0.1) is 27.7 Å². The fourth-order valence-corrected chi connectivity index (χ4v) is 3.84. The van der Waals surface area contributed by atoms with Gasteiger partial charge in [-0.05, 0) is 58.0 Å². The van der Waals surface area contributed by atoms with E-state index in [0.717, 1.165) is 39.7 Å². The van der Waals surface area contributed by atoms with Crippen molar-refractivity contribution in [3.63, 3.8) is 0 Å². The lowest BCUT2D eigenvalue weighted by molar-refractivity contribution is 0.0954. The molecule has 2 aromatic carbocycles. The van der Waals surface area contributed by atoms with E-state index >= 15 is 0 Å². The molecule has 0 radical (unpaired) electrons. The van der Waals surface area contributed by atoms with E-state index < -0.39 is 0 Å². The van der Waals surface area contributed by atoms with Crippen molar-refractivity contribution in [3.8, 4) is 11.4 Å². The van der Waals surface area contributed by atoms with E-state index in [1.807, 2.05) is 99.1 Å². The number of hydrogen-bond donors (Lipinski definition) is 1. The first kappa shape index (κ1) is 20.3. The average molecular weight is 412 g/mol. The molecule has 0 aliphatic rings. The van der Waals surface area contributed by atoms with Gasteiger partial charge < -0.3 is 4.57 Å². The molecule has 6 nitrogen and oxygen atoms in total. The molecule has 0 aliphatic carbocycles. The zero-order chi connectivity index (χ0) is 22.0. The van der Waals surface area contributed by atoms with Gasteiger partial charge in [-0.3, -0.25) is 4.79 Å². The van der Waals surface area contributed by atoms with Gasteiger partial charge in [0.2, 0.25) is 0 Å². The third kappa shape index (κ3) is 3.92. The van der Waals surface area contributed by atoms with Gasteiger partial charge in [-0.15, -0.1) is 0 Å². The summed E-state index contributed by atoms with van der Waals surface area (Å²) in [4.78, 5) is 12.8. The number of nitrogens with one attached hydrogen (secondary N) is 1. The van der Waals surface area contributed by atoms with Gasteiger partial charge in [0.25, 0.3) is 5.91 Å². The van der Waals surface area contributed by atoms with E-state index in [2.05, 4.69) is 20.2 Å². The number of carbonyl (C=O) groups excluding carboxylic acids is 1. The quantitative estimate of drug-likeness (QED) is 0.383. The largest absolute Gasteiger partial charge is 0.318 e.